The van der Waals surface area contributed by atoms with Crippen molar-refractivity contribution in [3.63, 3.8) is 0 Å². The summed E-state index contributed by atoms with van der Waals surface area (Å²) in [6.45, 7) is 0. The number of aromatic nitrogens is 5. The van der Waals surface area contributed by atoms with Gasteiger partial charge in [0.2, 0.25) is 0 Å². The van der Waals surface area contributed by atoms with Gasteiger partial charge >= 0.3 is 0 Å². The molecule has 13 rings (SSSR count). The molecule has 5 heterocycles. The molecule has 0 saturated heterocycles. The van der Waals surface area contributed by atoms with E-state index in [2.05, 4.69) is 218 Å². The maximum Gasteiger partial charge on any atom is 0.140 e. The molecule has 0 aliphatic carbocycles. The van der Waals surface area contributed by atoms with Gasteiger partial charge in [-0.15, -0.1) is 0 Å². The second-order valence-corrected chi connectivity index (χ2v) is 15.1. The van der Waals surface area contributed by atoms with Gasteiger partial charge in [-0.3, -0.25) is 9.13 Å². The van der Waals surface area contributed by atoms with Crippen molar-refractivity contribution in [2.45, 2.75) is 0 Å². The van der Waals surface area contributed by atoms with Gasteiger partial charge in [-0.25, -0.2) is 4.98 Å². The number of hydrogen-bond acceptors (Lipinski definition) is 1. The zero-order chi connectivity index (χ0) is 37.9. The van der Waals surface area contributed by atoms with Gasteiger partial charge in [0.1, 0.15) is 11.6 Å². The van der Waals surface area contributed by atoms with Gasteiger partial charge in [0.15, 0.2) is 0 Å². The van der Waals surface area contributed by atoms with Gasteiger partial charge in [0.25, 0.3) is 0 Å². The zero-order valence-corrected chi connectivity index (χ0v) is 31.3. The highest BCUT2D eigenvalue weighted by molar-refractivity contribution is 6.27. The lowest BCUT2D eigenvalue weighted by Gasteiger charge is -2.13. The number of para-hydroxylation sites is 6. The molecule has 8 aromatic carbocycles. The first kappa shape index (κ1) is 31.3. The van der Waals surface area contributed by atoms with E-state index in [4.69, 9.17) is 4.98 Å². The number of rotatable bonds is 4. The Bertz CT molecular complexity index is 3540. The highest BCUT2D eigenvalue weighted by Gasteiger charge is 2.24. The van der Waals surface area contributed by atoms with E-state index >= 15 is 0 Å². The summed E-state index contributed by atoms with van der Waals surface area (Å²) in [7, 11) is 0. The summed E-state index contributed by atoms with van der Waals surface area (Å²) >= 11 is 0. The van der Waals surface area contributed by atoms with Crippen LogP contribution >= 0.6 is 0 Å². The van der Waals surface area contributed by atoms with Crippen LogP contribution in [-0.4, -0.2) is 23.3 Å². The maximum atomic E-state index is 5.67. The Kier molecular flexibility index (Phi) is 6.38. The quantitative estimate of drug-likeness (QED) is 0.177. The summed E-state index contributed by atoms with van der Waals surface area (Å²) in [5.41, 5.74) is 11.5. The molecule has 0 fully saturated rings. The average molecular weight is 740 g/mol. The number of nitrogens with zero attached hydrogens (tertiary/aromatic N) is 5. The number of benzene rings is 8. The Balaban J connectivity index is 1.15. The minimum atomic E-state index is 0.873. The van der Waals surface area contributed by atoms with E-state index in [9.17, 15) is 0 Å². The predicted octanol–water partition coefficient (Wildman–Crippen LogP) is 13.5. The third-order valence-corrected chi connectivity index (χ3v) is 12.1. The average Bonchev–Trinajstić information content (AvgIpc) is 4.02. The minimum Gasteiger partial charge on any atom is -0.309 e. The molecule has 0 N–H and O–H groups in total. The van der Waals surface area contributed by atoms with Gasteiger partial charge in [-0.1, -0.05) is 127 Å². The fraction of sp³-hybridized carbons (Fsp3) is 0. The second kappa shape index (κ2) is 11.8. The first-order valence-corrected chi connectivity index (χ1v) is 19.8. The normalized spacial score (nSPS) is 12.1. The monoisotopic (exact) mass is 739 g/mol. The van der Waals surface area contributed by atoms with Gasteiger partial charge in [0.05, 0.1) is 44.1 Å². The molecule has 5 heteroatoms. The van der Waals surface area contributed by atoms with Crippen LogP contribution in [0.5, 0.6) is 0 Å². The van der Waals surface area contributed by atoms with Crippen molar-refractivity contribution >= 4 is 87.2 Å². The number of fused-ring (bicyclic) bond motifs is 14. The molecule has 5 nitrogen and oxygen atoms in total. The van der Waals surface area contributed by atoms with E-state index < -0.39 is 0 Å². The fourth-order valence-corrected chi connectivity index (χ4v) is 9.86. The smallest absolute Gasteiger partial charge is 0.140 e. The van der Waals surface area contributed by atoms with Crippen molar-refractivity contribution in [1.82, 2.24) is 23.3 Å². The summed E-state index contributed by atoms with van der Waals surface area (Å²) in [6, 6.07) is 72.1. The second-order valence-electron chi connectivity index (χ2n) is 15.1. The molecule has 58 heavy (non-hydrogen) atoms. The van der Waals surface area contributed by atoms with Crippen molar-refractivity contribution in [3.05, 3.63) is 200 Å². The van der Waals surface area contributed by atoms with Crippen LogP contribution in [0.25, 0.3) is 110 Å². The molecule has 13 aromatic rings. The van der Waals surface area contributed by atoms with Crippen LogP contribution in [0, 0.1) is 0 Å². The van der Waals surface area contributed by atoms with Crippen molar-refractivity contribution in [3.8, 4) is 23.0 Å². The minimum absolute atomic E-state index is 0.873. The molecule has 0 saturated carbocycles. The summed E-state index contributed by atoms with van der Waals surface area (Å²) in [5.74, 6) is 1.75. The highest BCUT2D eigenvalue weighted by Crippen LogP contribution is 2.44. The summed E-state index contributed by atoms with van der Waals surface area (Å²) in [4.78, 5) is 5.67. The Hall–Kier alpha value is -7.89. The molecular weight excluding hydrogens is 707 g/mol. The van der Waals surface area contributed by atoms with Crippen LogP contribution < -0.4 is 0 Å². The lowest BCUT2D eigenvalue weighted by molar-refractivity contribution is 1.02. The van der Waals surface area contributed by atoms with Crippen LogP contribution in [0.1, 0.15) is 0 Å². The Labute approximate surface area is 332 Å². The van der Waals surface area contributed by atoms with Crippen molar-refractivity contribution in [2.24, 2.45) is 0 Å². The molecule has 0 atom stereocenters. The molecular formula is C53H33N5. The Morgan fingerprint density at radius 1 is 0.241 bits per heavy atom. The van der Waals surface area contributed by atoms with Crippen molar-refractivity contribution < 1.29 is 0 Å². The topological polar surface area (TPSA) is 32.6 Å². The van der Waals surface area contributed by atoms with Crippen LogP contribution in [0.2, 0.25) is 0 Å². The molecule has 0 unspecified atom stereocenters. The van der Waals surface area contributed by atoms with Crippen LogP contribution in [-0.2, 0) is 0 Å². The number of hydrogen-bond donors (Lipinski definition) is 0. The Morgan fingerprint density at radius 2 is 0.603 bits per heavy atom. The molecule has 0 bridgehead atoms. The third-order valence-electron chi connectivity index (χ3n) is 12.1. The van der Waals surface area contributed by atoms with Gasteiger partial charge in [-0.2, -0.15) is 0 Å². The molecule has 0 spiro atoms. The molecule has 0 aliphatic rings. The van der Waals surface area contributed by atoms with Crippen molar-refractivity contribution in [2.75, 3.05) is 0 Å². The molecule has 5 aromatic heterocycles. The summed E-state index contributed by atoms with van der Waals surface area (Å²) in [6.07, 6.45) is 0. The first-order valence-electron chi connectivity index (χ1n) is 19.8. The first-order chi connectivity index (χ1) is 28.8. The van der Waals surface area contributed by atoms with Gasteiger partial charge < -0.3 is 9.13 Å². The molecule has 0 radical (unpaired) electrons. The number of pyridine rings is 1. The van der Waals surface area contributed by atoms with Crippen LogP contribution in [0.3, 0.4) is 0 Å². The van der Waals surface area contributed by atoms with Crippen LogP contribution in [0.4, 0.5) is 0 Å². The van der Waals surface area contributed by atoms with E-state index in [0.717, 1.165) is 45.1 Å². The predicted molar refractivity (Wildman–Crippen MR) is 242 cm³/mol. The van der Waals surface area contributed by atoms with Crippen molar-refractivity contribution in [1.29, 1.82) is 0 Å². The summed E-state index contributed by atoms with van der Waals surface area (Å²) < 4.78 is 9.57. The lowest BCUT2D eigenvalue weighted by Crippen LogP contribution is -2.03. The van der Waals surface area contributed by atoms with Gasteiger partial charge in [0, 0.05) is 54.5 Å². The van der Waals surface area contributed by atoms with E-state index in [1.54, 1.807) is 0 Å². The fourth-order valence-electron chi connectivity index (χ4n) is 9.86. The van der Waals surface area contributed by atoms with Crippen LogP contribution in [0.15, 0.2) is 200 Å². The molecule has 270 valence electrons. The maximum absolute atomic E-state index is 5.67. The van der Waals surface area contributed by atoms with E-state index in [-0.39, 0.29) is 0 Å². The molecule has 0 aliphatic heterocycles. The van der Waals surface area contributed by atoms with E-state index in [0.29, 0.717) is 0 Å². The van der Waals surface area contributed by atoms with Gasteiger partial charge in [-0.05, 0) is 72.8 Å². The van der Waals surface area contributed by atoms with E-state index in [1.165, 1.54) is 65.2 Å². The standard InChI is InChI=1S/C53H33N5/c1-3-16-34(17-4-1)55-44-26-13-9-22-40(44)50-46(55)32-30-38-36-20-7-11-24-42(36)57(52(38)50)48-28-15-29-49(54-48)58-43-25-12-8-21-37(43)39-31-33-47-51(53(39)58)41-23-10-14-27-45(41)56(47)35-18-5-2-6-19-35/h1-33H. The Morgan fingerprint density at radius 3 is 1.03 bits per heavy atom. The molecule has 0 amide bonds. The largest absolute Gasteiger partial charge is 0.309 e. The van der Waals surface area contributed by atoms with E-state index in [1.807, 2.05) is 0 Å². The lowest BCUT2D eigenvalue weighted by atomic mass is 10.1. The zero-order valence-electron chi connectivity index (χ0n) is 31.3. The SMILES string of the molecule is c1ccc(-n2c3ccccc3c3c2ccc2c4ccccc4n(-c4cccc(-n5c6ccccc6c6ccc7c(c8ccccc8n7-c7ccccc7)c65)n4)c23)cc1. The summed E-state index contributed by atoms with van der Waals surface area (Å²) in [5, 5.41) is 9.68. The highest BCUT2D eigenvalue weighted by atomic mass is 15.1. The third kappa shape index (κ3) is 4.17.